The molecule has 1 aromatic heterocycles. The van der Waals surface area contributed by atoms with Crippen LogP contribution in [0.2, 0.25) is 0 Å². The first kappa shape index (κ1) is 15.3. The summed E-state index contributed by atoms with van der Waals surface area (Å²) in [5, 5.41) is 4.25. The SMILES string of the molecule is CC(CN)(NC(=O)c1cc2ccccc2s1)C1CC1.Cl. The van der Waals surface area contributed by atoms with Crippen LogP contribution in [0, 0.1) is 5.92 Å². The first-order chi connectivity index (χ1) is 9.12. The third kappa shape index (κ3) is 2.82. The van der Waals surface area contributed by atoms with Crippen LogP contribution in [0.5, 0.6) is 0 Å². The lowest BCUT2D eigenvalue weighted by atomic mass is 9.96. The van der Waals surface area contributed by atoms with Crippen molar-refractivity contribution in [2.45, 2.75) is 25.3 Å². The van der Waals surface area contributed by atoms with Crippen molar-refractivity contribution in [1.29, 1.82) is 0 Å². The molecule has 108 valence electrons. The molecule has 0 bridgehead atoms. The van der Waals surface area contributed by atoms with Crippen LogP contribution >= 0.6 is 23.7 Å². The summed E-state index contributed by atoms with van der Waals surface area (Å²) in [5.74, 6) is 0.539. The van der Waals surface area contributed by atoms with E-state index in [0.717, 1.165) is 15.0 Å². The van der Waals surface area contributed by atoms with Gasteiger partial charge < -0.3 is 11.1 Å². The van der Waals surface area contributed by atoms with Crippen molar-refractivity contribution < 1.29 is 4.79 Å². The minimum absolute atomic E-state index is 0. The Bertz CT molecular complexity index is 590. The second-order valence-corrected chi connectivity index (χ2v) is 6.58. The standard InChI is InChI=1S/C15H18N2OS.ClH/c1-15(9-16,11-6-7-11)17-14(18)13-8-10-4-2-3-5-12(10)19-13;/h2-5,8,11H,6-7,9,16H2,1H3,(H,17,18);1H. The number of fused-ring (bicyclic) bond motifs is 1. The van der Waals surface area contributed by atoms with Crippen LogP contribution in [-0.2, 0) is 0 Å². The fraction of sp³-hybridized carbons (Fsp3) is 0.400. The van der Waals surface area contributed by atoms with Gasteiger partial charge in [0.25, 0.3) is 5.91 Å². The van der Waals surface area contributed by atoms with E-state index in [1.807, 2.05) is 30.3 Å². The Morgan fingerprint density at radius 1 is 1.45 bits per heavy atom. The van der Waals surface area contributed by atoms with Crippen LogP contribution in [0.3, 0.4) is 0 Å². The zero-order chi connectivity index (χ0) is 13.5. The van der Waals surface area contributed by atoms with Crippen LogP contribution in [0.25, 0.3) is 10.1 Å². The molecule has 3 nitrogen and oxygen atoms in total. The summed E-state index contributed by atoms with van der Waals surface area (Å²) in [4.78, 5) is 13.1. The number of carbonyl (C=O) groups is 1. The maximum absolute atomic E-state index is 12.4. The molecule has 3 N–H and O–H groups in total. The zero-order valence-electron chi connectivity index (χ0n) is 11.4. The third-order valence-electron chi connectivity index (χ3n) is 3.95. The van der Waals surface area contributed by atoms with E-state index in [1.165, 1.54) is 24.2 Å². The molecule has 1 heterocycles. The number of benzene rings is 1. The smallest absolute Gasteiger partial charge is 0.261 e. The summed E-state index contributed by atoms with van der Waals surface area (Å²) in [6.45, 7) is 2.55. The molecule has 1 fully saturated rings. The van der Waals surface area contributed by atoms with Gasteiger partial charge in [0.15, 0.2) is 0 Å². The van der Waals surface area contributed by atoms with Crippen LogP contribution in [-0.4, -0.2) is 18.0 Å². The molecule has 5 heteroatoms. The van der Waals surface area contributed by atoms with Crippen LogP contribution < -0.4 is 11.1 Å². The highest BCUT2D eigenvalue weighted by molar-refractivity contribution is 7.20. The van der Waals surface area contributed by atoms with E-state index >= 15 is 0 Å². The van der Waals surface area contributed by atoms with Crippen LogP contribution in [0.15, 0.2) is 30.3 Å². The van der Waals surface area contributed by atoms with Crippen molar-refractivity contribution >= 4 is 39.7 Å². The summed E-state index contributed by atoms with van der Waals surface area (Å²) in [6.07, 6.45) is 2.33. The van der Waals surface area contributed by atoms with Crippen molar-refractivity contribution in [3.63, 3.8) is 0 Å². The predicted molar refractivity (Wildman–Crippen MR) is 86.7 cm³/mol. The Morgan fingerprint density at radius 2 is 2.15 bits per heavy atom. The van der Waals surface area contributed by atoms with Gasteiger partial charge in [-0.25, -0.2) is 0 Å². The number of nitrogens with one attached hydrogen (secondary N) is 1. The molecule has 1 amide bonds. The molecule has 1 aliphatic carbocycles. The molecule has 1 aromatic carbocycles. The van der Waals surface area contributed by atoms with Gasteiger partial charge in [-0.1, -0.05) is 18.2 Å². The fourth-order valence-electron chi connectivity index (χ4n) is 2.45. The normalized spacial score (nSPS) is 17.3. The number of nitrogens with two attached hydrogens (primary N) is 1. The first-order valence-corrected chi connectivity index (χ1v) is 7.45. The zero-order valence-corrected chi connectivity index (χ0v) is 13.0. The summed E-state index contributed by atoms with van der Waals surface area (Å²) in [6, 6.07) is 10.0. The highest BCUT2D eigenvalue weighted by atomic mass is 35.5. The van der Waals surface area contributed by atoms with E-state index in [1.54, 1.807) is 0 Å². The number of carbonyl (C=O) groups excluding carboxylic acids is 1. The molecule has 2 aromatic rings. The number of hydrogen-bond acceptors (Lipinski definition) is 3. The second-order valence-electron chi connectivity index (χ2n) is 5.50. The quantitative estimate of drug-likeness (QED) is 0.911. The van der Waals surface area contributed by atoms with Gasteiger partial charge in [0.05, 0.1) is 10.4 Å². The topological polar surface area (TPSA) is 55.1 Å². The van der Waals surface area contributed by atoms with Crippen LogP contribution in [0.4, 0.5) is 0 Å². The summed E-state index contributed by atoms with van der Waals surface area (Å²) >= 11 is 1.54. The molecule has 0 saturated heterocycles. The van der Waals surface area contributed by atoms with Gasteiger partial charge in [0.1, 0.15) is 0 Å². The fourth-order valence-corrected chi connectivity index (χ4v) is 3.41. The van der Waals surface area contributed by atoms with Crippen molar-refractivity contribution in [2.24, 2.45) is 11.7 Å². The van der Waals surface area contributed by atoms with Gasteiger partial charge >= 0.3 is 0 Å². The molecule has 1 atom stereocenters. The highest BCUT2D eigenvalue weighted by Crippen LogP contribution is 2.39. The Balaban J connectivity index is 0.00000147. The lowest BCUT2D eigenvalue weighted by Crippen LogP contribution is -2.53. The van der Waals surface area contributed by atoms with E-state index < -0.39 is 0 Å². The van der Waals surface area contributed by atoms with Crippen molar-refractivity contribution in [1.82, 2.24) is 5.32 Å². The number of amides is 1. The molecule has 3 rings (SSSR count). The minimum atomic E-state index is -0.257. The van der Waals surface area contributed by atoms with Gasteiger partial charge in [-0.15, -0.1) is 23.7 Å². The Labute approximate surface area is 129 Å². The molecule has 1 saturated carbocycles. The molecule has 0 radical (unpaired) electrons. The van der Waals surface area contributed by atoms with E-state index in [9.17, 15) is 4.79 Å². The minimum Gasteiger partial charge on any atom is -0.345 e. The van der Waals surface area contributed by atoms with Gasteiger partial charge in [0.2, 0.25) is 0 Å². The van der Waals surface area contributed by atoms with E-state index in [-0.39, 0.29) is 23.9 Å². The molecule has 1 unspecified atom stereocenters. The Kier molecular flexibility index (Phi) is 4.37. The van der Waals surface area contributed by atoms with Crippen molar-refractivity contribution in [3.05, 3.63) is 35.2 Å². The molecule has 0 spiro atoms. The van der Waals surface area contributed by atoms with Crippen LogP contribution in [0.1, 0.15) is 29.4 Å². The first-order valence-electron chi connectivity index (χ1n) is 6.63. The maximum atomic E-state index is 12.4. The second kappa shape index (κ2) is 5.72. The van der Waals surface area contributed by atoms with Gasteiger partial charge in [0, 0.05) is 11.2 Å². The molecular formula is C15H19ClN2OS. The average molecular weight is 311 g/mol. The number of thiophene rings is 1. The van der Waals surface area contributed by atoms with Crippen molar-refractivity contribution in [2.75, 3.05) is 6.54 Å². The largest absolute Gasteiger partial charge is 0.345 e. The third-order valence-corrected chi connectivity index (χ3v) is 5.07. The number of halogens is 1. The summed E-state index contributed by atoms with van der Waals surface area (Å²) < 4.78 is 1.15. The monoisotopic (exact) mass is 310 g/mol. The average Bonchev–Trinajstić information content (AvgIpc) is 3.18. The van der Waals surface area contributed by atoms with Gasteiger partial charge in [-0.2, -0.15) is 0 Å². The molecule has 20 heavy (non-hydrogen) atoms. The predicted octanol–water partition coefficient (Wildman–Crippen LogP) is 3.18. The summed E-state index contributed by atoms with van der Waals surface area (Å²) in [7, 11) is 0. The Morgan fingerprint density at radius 3 is 2.75 bits per heavy atom. The van der Waals surface area contributed by atoms with Gasteiger partial charge in [-0.3, -0.25) is 4.79 Å². The molecule has 1 aliphatic rings. The molecular weight excluding hydrogens is 292 g/mol. The maximum Gasteiger partial charge on any atom is 0.261 e. The van der Waals surface area contributed by atoms with E-state index in [4.69, 9.17) is 5.73 Å². The molecule has 0 aliphatic heterocycles. The highest BCUT2D eigenvalue weighted by Gasteiger charge is 2.41. The number of rotatable bonds is 4. The Hall–Kier alpha value is -1.10. The lowest BCUT2D eigenvalue weighted by Gasteiger charge is -2.29. The number of hydrogen-bond donors (Lipinski definition) is 2. The van der Waals surface area contributed by atoms with E-state index in [0.29, 0.717) is 12.5 Å². The lowest BCUT2D eigenvalue weighted by molar-refractivity contribution is 0.0902. The van der Waals surface area contributed by atoms with Crippen molar-refractivity contribution in [3.8, 4) is 0 Å². The van der Waals surface area contributed by atoms with Gasteiger partial charge in [-0.05, 0) is 43.2 Å². The summed E-state index contributed by atoms with van der Waals surface area (Å²) in [5.41, 5.74) is 5.58. The van der Waals surface area contributed by atoms with E-state index in [2.05, 4.69) is 12.2 Å².